The van der Waals surface area contributed by atoms with Crippen molar-refractivity contribution in [2.75, 3.05) is 13.7 Å². The highest BCUT2D eigenvalue weighted by molar-refractivity contribution is 7.13. The molecule has 0 aliphatic carbocycles. The molecule has 0 saturated carbocycles. The molecule has 0 bridgehead atoms. The Bertz CT molecular complexity index is 822. The molecule has 0 spiro atoms. The molecule has 4 nitrogen and oxygen atoms in total. The summed E-state index contributed by atoms with van der Waals surface area (Å²) in [5.74, 6) is 1.68. The Morgan fingerprint density at radius 2 is 2.20 bits per heavy atom. The zero-order chi connectivity index (χ0) is 22.1. The van der Waals surface area contributed by atoms with Crippen molar-refractivity contribution < 1.29 is 23.1 Å². The van der Waals surface area contributed by atoms with Crippen LogP contribution in [0.3, 0.4) is 0 Å². The first-order valence-electron chi connectivity index (χ1n) is 10.3. The van der Waals surface area contributed by atoms with E-state index in [1.54, 1.807) is 12.1 Å². The monoisotopic (exact) mass is 437 g/mol. The summed E-state index contributed by atoms with van der Waals surface area (Å²) in [7, 11) is 1.33. The third kappa shape index (κ3) is 6.66. The van der Waals surface area contributed by atoms with Crippen LogP contribution in [0.1, 0.15) is 60.5 Å². The van der Waals surface area contributed by atoms with E-state index in [4.69, 9.17) is 0 Å². The van der Waals surface area contributed by atoms with E-state index in [2.05, 4.69) is 23.5 Å². The third-order valence-electron chi connectivity index (χ3n) is 4.96. The number of rotatable bonds is 9. The van der Waals surface area contributed by atoms with Crippen LogP contribution in [0.2, 0.25) is 0 Å². The molecule has 2 heterocycles. The maximum atomic E-state index is 14.0. The molecule has 30 heavy (non-hydrogen) atoms. The number of halogens is 2. The summed E-state index contributed by atoms with van der Waals surface area (Å²) in [4.78, 5) is 26.4. The normalized spacial score (nSPS) is 19.0. The molecule has 2 atom stereocenters. The minimum atomic E-state index is -3.31. The van der Waals surface area contributed by atoms with Crippen molar-refractivity contribution in [1.82, 2.24) is 4.90 Å². The fourth-order valence-corrected chi connectivity index (χ4v) is 4.30. The Kier molecular flexibility index (Phi) is 9.04. The summed E-state index contributed by atoms with van der Waals surface area (Å²) < 4.78 is 32.7. The Morgan fingerprint density at radius 1 is 1.43 bits per heavy atom. The molecule has 2 unspecified atom stereocenters. The van der Waals surface area contributed by atoms with Gasteiger partial charge in [-0.1, -0.05) is 26.0 Å². The summed E-state index contributed by atoms with van der Waals surface area (Å²) >= 11 is 1.32. The first kappa shape index (κ1) is 24.1. The van der Waals surface area contributed by atoms with Crippen LogP contribution in [-0.2, 0) is 16.0 Å². The van der Waals surface area contributed by atoms with Gasteiger partial charge in [0.1, 0.15) is 4.88 Å². The predicted molar refractivity (Wildman–Crippen MR) is 115 cm³/mol. The summed E-state index contributed by atoms with van der Waals surface area (Å²) in [5, 5.41) is 0. The highest BCUT2D eigenvalue weighted by Crippen LogP contribution is 2.34. The summed E-state index contributed by atoms with van der Waals surface area (Å²) in [6, 6.07) is 2.94. The highest BCUT2D eigenvalue weighted by atomic mass is 32.1. The average molecular weight is 438 g/mol. The number of allylic oxidation sites excluding steroid dienone is 1. The van der Waals surface area contributed by atoms with E-state index >= 15 is 0 Å². The van der Waals surface area contributed by atoms with Gasteiger partial charge in [0, 0.05) is 30.7 Å². The second kappa shape index (κ2) is 11.3. The lowest BCUT2D eigenvalue weighted by Gasteiger charge is -2.21. The van der Waals surface area contributed by atoms with Crippen LogP contribution in [-0.4, -0.2) is 42.4 Å². The number of hydrogen-bond acceptors (Lipinski definition) is 4. The molecule has 0 aromatic carbocycles. The van der Waals surface area contributed by atoms with Gasteiger partial charge in [0.2, 0.25) is 0 Å². The molecule has 0 N–H and O–H groups in total. The highest BCUT2D eigenvalue weighted by Gasteiger charge is 2.52. The van der Waals surface area contributed by atoms with Gasteiger partial charge < -0.3 is 9.64 Å². The van der Waals surface area contributed by atoms with Crippen LogP contribution >= 0.6 is 11.3 Å². The summed E-state index contributed by atoms with van der Waals surface area (Å²) in [6.45, 7) is 4.33. The maximum Gasteiger partial charge on any atom is 0.348 e. The number of methoxy groups -OCH3 is 1. The number of carbonyl (C=O) groups is 2. The van der Waals surface area contributed by atoms with Gasteiger partial charge >= 0.3 is 11.9 Å². The third-order valence-corrected chi connectivity index (χ3v) is 6.08. The molecule has 164 valence electrons. The molecule has 1 saturated heterocycles. The molecule has 2 rings (SSSR count). The molecule has 1 aliphatic rings. The van der Waals surface area contributed by atoms with Gasteiger partial charge in [0.25, 0.3) is 5.91 Å². The van der Waals surface area contributed by atoms with Crippen molar-refractivity contribution in [3.63, 3.8) is 0 Å². The van der Waals surface area contributed by atoms with Crippen molar-refractivity contribution in [3.05, 3.63) is 34.0 Å². The first-order chi connectivity index (χ1) is 14.3. The Hall–Kier alpha value is -2.20. The summed E-state index contributed by atoms with van der Waals surface area (Å²) in [5.41, 5.74) is 0. The van der Waals surface area contributed by atoms with Crippen LogP contribution in [0.4, 0.5) is 8.78 Å². The van der Waals surface area contributed by atoms with E-state index in [0.717, 1.165) is 24.1 Å². The topological polar surface area (TPSA) is 46.6 Å². The van der Waals surface area contributed by atoms with E-state index in [1.165, 1.54) is 23.3 Å². The van der Waals surface area contributed by atoms with Crippen LogP contribution in [0.5, 0.6) is 0 Å². The van der Waals surface area contributed by atoms with Gasteiger partial charge in [-0.25, -0.2) is 4.79 Å². The fraction of sp³-hybridized carbons (Fsp3) is 0.565. The number of alkyl halides is 2. The van der Waals surface area contributed by atoms with Crippen molar-refractivity contribution in [2.24, 2.45) is 5.92 Å². The second-order valence-corrected chi connectivity index (χ2v) is 8.68. The zero-order valence-electron chi connectivity index (χ0n) is 17.7. The van der Waals surface area contributed by atoms with Gasteiger partial charge in [0.15, 0.2) is 0 Å². The summed E-state index contributed by atoms with van der Waals surface area (Å²) in [6.07, 6.45) is 6.67. The molecule has 1 aromatic rings. The number of aryl methyl sites for hydroxylation is 1. The lowest BCUT2D eigenvalue weighted by molar-refractivity contribution is -0.148. The molecular weight excluding hydrogens is 408 g/mol. The number of carbonyl (C=O) groups excluding carboxylic acids is 2. The predicted octanol–water partition coefficient (Wildman–Crippen LogP) is 5.09. The van der Waals surface area contributed by atoms with Crippen molar-refractivity contribution in [2.45, 2.75) is 64.3 Å². The number of likely N-dealkylation sites (tertiary alicyclic amines) is 1. The minimum absolute atomic E-state index is 0.256. The van der Waals surface area contributed by atoms with E-state index in [9.17, 15) is 18.4 Å². The standard InChI is InChI=1S/C23H29F2NO3S/c1-4-5-6-9-17(2)10-7-11-18-16-23(24,25)22(28)26(18)15-8-12-19-13-14-20(30-19)21(27)29-3/h7,11,13-14,17-18H,4,8-10,12,15-16H2,1-3H3/b11-7+. The van der Waals surface area contributed by atoms with Crippen LogP contribution < -0.4 is 0 Å². The molecule has 0 radical (unpaired) electrons. The van der Waals surface area contributed by atoms with Gasteiger partial charge in [0.05, 0.1) is 13.2 Å². The Labute approximate surface area is 181 Å². The SMILES string of the molecule is CCC#CCC(C)C/C=C/C1CC(F)(F)C(=O)N1CCCc1ccc(C(=O)OC)s1. The van der Waals surface area contributed by atoms with Crippen molar-refractivity contribution in [3.8, 4) is 11.8 Å². The lowest BCUT2D eigenvalue weighted by atomic mass is 10.0. The molecule has 1 aromatic heterocycles. The number of hydrogen-bond donors (Lipinski definition) is 0. The van der Waals surface area contributed by atoms with E-state index in [1.807, 2.05) is 19.1 Å². The van der Waals surface area contributed by atoms with Gasteiger partial charge in [-0.05, 0) is 37.3 Å². The van der Waals surface area contributed by atoms with E-state index in [0.29, 0.717) is 23.6 Å². The van der Waals surface area contributed by atoms with Crippen LogP contribution in [0, 0.1) is 17.8 Å². The Balaban J connectivity index is 1.91. The lowest BCUT2D eigenvalue weighted by Crippen LogP contribution is -2.36. The largest absolute Gasteiger partial charge is 0.465 e. The maximum absolute atomic E-state index is 14.0. The molecular formula is C23H29F2NO3S. The second-order valence-electron chi connectivity index (χ2n) is 7.52. The number of thiophene rings is 1. The zero-order valence-corrected chi connectivity index (χ0v) is 18.6. The van der Waals surface area contributed by atoms with Crippen molar-refractivity contribution >= 4 is 23.2 Å². The van der Waals surface area contributed by atoms with Crippen LogP contribution in [0.15, 0.2) is 24.3 Å². The number of amides is 1. The van der Waals surface area contributed by atoms with Gasteiger partial charge in [-0.3, -0.25) is 4.79 Å². The number of nitrogens with zero attached hydrogens (tertiary/aromatic N) is 1. The average Bonchev–Trinajstić information content (AvgIpc) is 3.26. The molecule has 7 heteroatoms. The smallest absolute Gasteiger partial charge is 0.348 e. The molecule has 1 fully saturated rings. The van der Waals surface area contributed by atoms with Crippen molar-refractivity contribution in [1.29, 1.82) is 0 Å². The van der Waals surface area contributed by atoms with Gasteiger partial charge in [-0.15, -0.1) is 23.2 Å². The minimum Gasteiger partial charge on any atom is -0.465 e. The van der Waals surface area contributed by atoms with E-state index < -0.39 is 24.3 Å². The first-order valence-corrected chi connectivity index (χ1v) is 11.1. The van der Waals surface area contributed by atoms with Gasteiger partial charge in [-0.2, -0.15) is 8.78 Å². The quantitative estimate of drug-likeness (QED) is 0.307. The Morgan fingerprint density at radius 3 is 2.90 bits per heavy atom. The molecule has 1 amide bonds. The fourth-order valence-electron chi connectivity index (χ4n) is 3.33. The van der Waals surface area contributed by atoms with Crippen LogP contribution in [0.25, 0.3) is 0 Å². The molecule has 1 aliphatic heterocycles. The number of esters is 1. The number of ether oxygens (including phenoxy) is 1. The van der Waals surface area contributed by atoms with E-state index in [-0.39, 0.29) is 12.5 Å².